The number of hydrogen-bond acceptors (Lipinski definition) is 4. The molecule has 0 heterocycles. The van der Waals surface area contributed by atoms with Crippen molar-refractivity contribution in [3.8, 4) is 0 Å². The SMILES string of the molecule is CCOC(=O)CCC(=O)OCc1ccc(C(F)(F)F)cc1. The van der Waals surface area contributed by atoms with Crippen LogP contribution >= 0.6 is 0 Å². The van der Waals surface area contributed by atoms with Gasteiger partial charge in [0.2, 0.25) is 0 Å². The van der Waals surface area contributed by atoms with Gasteiger partial charge in [-0.15, -0.1) is 0 Å². The van der Waals surface area contributed by atoms with Crippen LogP contribution in [0.15, 0.2) is 24.3 Å². The van der Waals surface area contributed by atoms with Crippen molar-refractivity contribution in [2.24, 2.45) is 0 Å². The summed E-state index contributed by atoms with van der Waals surface area (Å²) in [5.41, 5.74) is -0.327. The number of rotatable bonds is 6. The molecular formula is C14H15F3O4. The second-order valence-corrected chi connectivity index (χ2v) is 4.16. The van der Waals surface area contributed by atoms with E-state index in [1.807, 2.05) is 0 Å². The van der Waals surface area contributed by atoms with Gasteiger partial charge in [-0.3, -0.25) is 9.59 Å². The zero-order valence-electron chi connectivity index (χ0n) is 11.4. The molecule has 116 valence electrons. The van der Waals surface area contributed by atoms with Gasteiger partial charge in [0, 0.05) is 0 Å². The van der Waals surface area contributed by atoms with Crippen LogP contribution in [0, 0.1) is 0 Å². The van der Waals surface area contributed by atoms with Crippen LogP contribution in [-0.2, 0) is 31.8 Å². The van der Waals surface area contributed by atoms with Gasteiger partial charge in [0.1, 0.15) is 6.61 Å². The first-order chi connectivity index (χ1) is 9.82. The summed E-state index contributed by atoms with van der Waals surface area (Å²) in [5, 5.41) is 0. The van der Waals surface area contributed by atoms with Crippen molar-refractivity contribution >= 4 is 11.9 Å². The third-order valence-electron chi connectivity index (χ3n) is 2.52. The van der Waals surface area contributed by atoms with Gasteiger partial charge in [-0.2, -0.15) is 13.2 Å². The lowest BCUT2D eigenvalue weighted by molar-refractivity contribution is -0.150. The summed E-state index contributed by atoms with van der Waals surface area (Å²) >= 11 is 0. The molecule has 1 aromatic carbocycles. The minimum absolute atomic E-state index is 0.0836. The van der Waals surface area contributed by atoms with Gasteiger partial charge < -0.3 is 9.47 Å². The van der Waals surface area contributed by atoms with Gasteiger partial charge >= 0.3 is 18.1 Å². The van der Waals surface area contributed by atoms with Crippen LogP contribution in [0.5, 0.6) is 0 Å². The normalized spacial score (nSPS) is 11.0. The highest BCUT2D eigenvalue weighted by Crippen LogP contribution is 2.29. The predicted octanol–water partition coefficient (Wildman–Crippen LogP) is 3.09. The number of carbonyl (C=O) groups excluding carboxylic acids is 2. The topological polar surface area (TPSA) is 52.6 Å². The summed E-state index contributed by atoms with van der Waals surface area (Å²) < 4.78 is 46.5. The van der Waals surface area contributed by atoms with E-state index < -0.39 is 23.7 Å². The van der Waals surface area contributed by atoms with Crippen LogP contribution in [-0.4, -0.2) is 18.5 Å². The highest BCUT2D eigenvalue weighted by Gasteiger charge is 2.29. The average Bonchev–Trinajstić information content (AvgIpc) is 2.43. The predicted molar refractivity (Wildman–Crippen MR) is 67.1 cm³/mol. The Balaban J connectivity index is 2.38. The zero-order chi connectivity index (χ0) is 15.9. The van der Waals surface area contributed by atoms with E-state index in [0.717, 1.165) is 12.1 Å². The van der Waals surface area contributed by atoms with E-state index in [9.17, 15) is 22.8 Å². The van der Waals surface area contributed by atoms with Crippen LogP contribution in [0.1, 0.15) is 30.9 Å². The standard InChI is InChI=1S/C14H15F3O4/c1-2-20-12(18)7-8-13(19)21-9-10-3-5-11(6-4-10)14(15,16)17/h3-6H,2,7-9H2,1H3. The van der Waals surface area contributed by atoms with Crippen molar-refractivity contribution in [3.05, 3.63) is 35.4 Å². The van der Waals surface area contributed by atoms with Gasteiger partial charge in [0.25, 0.3) is 0 Å². The molecule has 7 heteroatoms. The molecule has 0 saturated carbocycles. The molecule has 0 atom stereocenters. The molecule has 1 aromatic rings. The second-order valence-electron chi connectivity index (χ2n) is 4.16. The van der Waals surface area contributed by atoms with Crippen molar-refractivity contribution in [2.75, 3.05) is 6.61 Å². The van der Waals surface area contributed by atoms with E-state index in [1.54, 1.807) is 6.92 Å². The monoisotopic (exact) mass is 304 g/mol. The molecule has 0 N–H and O–H groups in total. The van der Waals surface area contributed by atoms with E-state index >= 15 is 0 Å². The van der Waals surface area contributed by atoms with Crippen molar-refractivity contribution in [1.29, 1.82) is 0 Å². The smallest absolute Gasteiger partial charge is 0.416 e. The lowest BCUT2D eigenvalue weighted by Crippen LogP contribution is -2.10. The molecule has 1 rings (SSSR count). The molecule has 0 unspecified atom stereocenters. The molecule has 0 spiro atoms. The quantitative estimate of drug-likeness (QED) is 0.758. The fourth-order valence-electron chi connectivity index (χ4n) is 1.46. The number of carbonyl (C=O) groups is 2. The minimum atomic E-state index is -4.39. The molecule has 21 heavy (non-hydrogen) atoms. The second kappa shape index (κ2) is 7.66. The lowest BCUT2D eigenvalue weighted by atomic mass is 10.1. The lowest BCUT2D eigenvalue weighted by Gasteiger charge is -2.08. The third-order valence-corrected chi connectivity index (χ3v) is 2.52. The maximum Gasteiger partial charge on any atom is 0.416 e. The molecule has 4 nitrogen and oxygen atoms in total. The van der Waals surface area contributed by atoms with Gasteiger partial charge in [0.05, 0.1) is 25.0 Å². The molecule has 0 fully saturated rings. The Morgan fingerprint density at radius 1 is 1.00 bits per heavy atom. The van der Waals surface area contributed by atoms with Crippen LogP contribution in [0.4, 0.5) is 13.2 Å². The van der Waals surface area contributed by atoms with Crippen LogP contribution < -0.4 is 0 Å². The summed E-state index contributed by atoms with van der Waals surface area (Å²) in [6.45, 7) is 1.75. The van der Waals surface area contributed by atoms with Crippen molar-refractivity contribution in [2.45, 2.75) is 32.5 Å². The number of ether oxygens (including phenoxy) is 2. The highest BCUT2D eigenvalue weighted by atomic mass is 19.4. The van der Waals surface area contributed by atoms with Gasteiger partial charge in [-0.25, -0.2) is 0 Å². The summed E-state index contributed by atoms with van der Waals surface area (Å²) in [6.07, 6.45) is -4.60. The summed E-state index contributed by atoms with van der Waals surface area (Å²) in [6, 6.07) is 4.31. The van der Waals surface area contributed by atoms with Gasteiger partial charge in [-0.1, -0.05) is 12.1 Å². The van der Waals surface area contributed by atoms with Crippen LogP contribution in [0.25, 0.3) is 0 Å². The number of esters is 2. The average molecular weight is 304 g/mol. The van der Waals surface area contributed by atoms with E-state index in [0.29, 0.717) is 5.56 Å². The van der Waals surface area contributed by atoms with E-state index in [1.165, 1.54) is 12.1 Å². The number of alkyl halides is 3. The van der Waals surface area contributed by atoms with E-state index in [2.05, 4.69) is 4.74 Å². The van der Waals surface area contributed by atoms with Crippen molar-refractivity contribution in [3.63, 3.8) is 0 Å². The van der Waals surface area contributed by atoms with Crippen molar-refractivity contribution in [1.82, 2.24) is 0 Å². The number of hydrogen-bond donors (Lipinski definition) is 0. The fraction of sp³-hybridized carbons (Fsp3) is 0.429. The minimum Gasteiger partial charge on any atom is -0.466 e. The van der Waals surface area contributed by atoms with Gasteiger partial charge in [0.15, 0.2) is 0 Å². The molecule has 0 aliphatic rings. The Kier molecular flexibility index (Phi) is 6.20. The van der Waals surface area contributed by atoms with Crippen LogP contribution in [0.3, 0.4) is 0 Å². The molecule has 0 amide bonds. The maximum atomic E-state index is 12.3. The Hall–Kier alpha value is -2.05. The van der Waals surface area contributed by atoms with E-state index in [4.69, 9.17) is 4.74 Å². The first-order valence-corrected chi connectivity index (χ1v) is 6.30. The molecule has 0 aliphatic heterocycles. The van der Waals surface area contributed by atoms with E-state index in [-0.39, 0.29) is 26.1 Å². The number of benzene rings is 1. The van der Waals surface area contributed by atoms with Crippen LogP contribution in [0.2, 0.25) is 0 Å². The maximum absolute atomic E-state index is 12.3. The largest absolute Gasteiger partial charge is 0.466 e. The molecular weight excluding hydrogens is 289 g/mol. The third kappa shape index (κ3) is 6.29. The summed E-state index contributed by atoms with van der Waals surface area (Å²) in [4.78, 5) is 22.4. The molecule has 0 bridgehead atoms. The van der Waals surface area contributed by atoms with Crippen molar-refractivity contribution < 1.29 is 32.2 Å². The Bertz CT molecular complexity index is 480. The fourth-order valence-corrected chi connectivity index (χ4v) is 1.46. The Morgan fingerprint density at radius 3 is 2.00 bits per heavy atom. The highest BCUT2D eigenvalue weighted by molar-refractivity contribution is 5.77. The molecule has 0 aromatic heterocycles. The first kappa shape index (κ1) is 17.0. The number of halogens is 3. The molecule has 0 saturated heterocycles. The Morgan fingerprint density at radius 2 is 1.52 bits per heavy atom. The summed E-state index contributed by atoms with van der Waals surface area (Å²) in [7, 11) is 0. The Labute approximate surface area is 119 Å². The summed E-state index contributed by atoms with van der Waals surface area (Å²) in [5.74, 6) is -1.10. The zero-order valence-corrected chi connectivity index (χ0v) is 11.4. The molecule has 0 aliphatic carbocycles. The van der Waals surface area contributed by atoms with Gasteiger partial charge in [-0.05, 0) is 24.6 Å². The first-order valence-electron chi connectivity index (χ1n) is 6.30. The molecule has 0 radical (unpaired) electrons.